The van der Waals surface area contributed by atoms with E-state index in [1.54, 1.807) is 35.2 Å². The molecule has 1 amide bonds. The fourth-order valence-corrected chi connectivity index (χ4v) is 5.53. The lowest BCUT2D eigenvalue weighted by atomic mass is 9.91. The maximum absolute atomic E-state index is 13.4. The van der Waals surface area contributed by atoms with Gasteiger partial charge in [0.2, 0.25) is 0 Å². The highest BCUT2D eigenvalue weighted by Crippen LogP contribution is 2.43. The Morgan fingerprint density at radius 2 is 1.68 bits per heavy atom. The van der Waals surface area contributed by atoms with E-state index in [1.165, 1.54) is 0 Å². The van der Waals surface area contributed by atoms with Crippen molar-refractivity contribution >= 4 is 29.1 Å². The second-order valence-electron chi connectivity index (χ2n) is 9.80. The van der Waals surface area contributed by atoms with Crippen molar-refractivity contribution in [2.45, 2.75) is 57.7 Å². The number of Topliss-reactive ketones (excluding diaryl/α,β-unsaturated/α-hetero) is 1. The van der Waals surface area contributed by atoms with Gasteiger partial charge in [0, 0.05) is 16.6 Å². The van der Waals surface area contributed by atoms with Crippen LogP contribution in [0.5, 0.6) is 5.75 Å². The van der Waals surface area contributed by atoms with Crippen molar-refractivity contribution in [3.8, 4) is 5.75 Å². The first kappa shape index (κ1) is 25.1. The molecule has 0 radical (unpaired) electrons. The van der Waals surface area contributed by atoms with Gasteiger partial charge >= 0.3 is 0 Å². The SMILES string of the molecule is Cc1cc(/C(O)=C2/C(=O)C(=O)N(C3CCCCC3)C2c2ccc(Cl)cc2)ccc1OCc1ccccc1. The third-order valence-corrected chi connectivity index (χ3v) is 7.57. The molecule has 5 nitrogen and oxygen atoms in total. The molecule has 0 bridgehead atoms. The Morgan fingerprint density at radius 3 is 2.35 bits per heavy atom. The predicted octanol–water partition coefficient (Wildman–Crippen LogP) is 6.98. The fraction of sp³-hybridized carbons (Fsp3) is 0.290. The van der Waals surface area contributed by atoms with Gasteiger partial charge in [-0.25, -0.2) is 0 Å². The summed E-state index contributed by atoms with van der Waals surface area (Å²) in [6, 6.07) is 21.7. The minimum atomic E-state index is -0.658. The van der Waals surface area contributed by atoms with Crippen molar-refractivity contribution in [2.75, 3.05) is 0 Å². The van der Waals surface area contributed by atoms with Gasteiger partial charge in [-0.1, -0.05) is 73.3 Å². The molecule has 1 N–H and O–H groups in total. The molecule has 37 heavy (non-hydrogen) atoms. The smallest absolute Gasteiger partial charge is 0.295 e. The lowest BCUT2D eigenvalue weighted by molar-refractivity contribution is -0.141. The number of rotatable bonds is 6. The van der Waals surface area contributed by atoms with Crippen LogP contribution in [-0.2, 0) is 16.2 Å². The number of likely N-dealkylation sites (tertiary alicyclic amines) is 1. The monoisotopic (exact) mass is 515 g/mol. The first-order valence-electron chi connectivity index (χ1n) is 12.8. The number of nitrogens with zero attached hydrogens (tertiary/aromatic N) is 1. The summed E-state index contributed by atoms with van der Waals surface area (Å²) in [7, 11) is 0. The van der Waals surface area contributed by atoms with E-state index >= 15 is 0 Å². The zero-order chi connectivity index (χ0) is 25.9. The van der Waals surface area contributed by atoms with Gasteiger partial charge in [0.15, 0.2) is 0 Å². The Kier molecular flexibility index (Phi) is 7.33. The van der Waals surface area contributed by atoms with Crippen LogP contribution in [0.3, 0.4) is 0 Å². The van der Waals surface area contributed by atoms with Crippen molar-refractivity contribution in [1.29, 1.82) is 0 Å². The molecule has 1 atom stereocenters. The van der Waals surface area contributed by atoms with Gasteiger partial charge in [0.1, 0.15) is 18.1 Å². The van der Waals surface area contributed by atoms with Crippen molar-refractivity contribution in [2.24, 2.45) is 0 Å². The van der Waals surface area contributed by atoms with E-state index in [2.05, 4.69) is 0 Å². The molecule has 6 heteroatoms. The van der Waals surface area contributed by atoms with Gasteiger partial charge in [0.25, 0.3) is 11.7 Å². The highest BCUT2D eigenvalue weighted by Gasteiger charge is 2.48. The number of hydrogen-bond donors (Lipinski definition) is 1. The summed E-state index contributed by atoms with van der Waals surface area (Å²) in [6.07, 6.45) is 4.87. The van der Waals surface area contributed by atoms with E-state index in [1.807, 2.05) is 49.4 Å². The molecule has 1 saturated carbocycles. The summed E-state index contributed by atoms with van der Waals surface area (Å²) in [5.41, 5.74) is 3.24. The molecule has 1 unspecified atom stereocenters. The third kappa shape index (κ3) is 5.14. The first-order chi connectivity index (χ1) is 17.9. The van der Waals surface area contributed by atoms with Gasteiger partial charge in [-0.05, 0) is 66.8 Å². The molecule has 3 aromatic rings. The highest BCUT2D eigenvalue weighted by atomic mass is 35.5. The zero-order valence-corrected chi connectivity index (χ0v) is 21.6. The number of ether oxygens (including phenoxy) is 1. The number of halogens is 1. The number of hydrogen-bond acceptors (Lipinski definition) is 4. The van der Waals surface area contributed by atoms with Crippen molar-refractivity contribution < 1.29 is 19.4 Å². The van der Waals surface area contributed by atoms with Crippen LogP contribution in [0.1, 0.15) is 60.4 Å². The summed E-state index contributed by atoms with van der Waals surface area (Å²) in [6.45, 7) is 2.32. The fourth-order valence-electron chi connectivity index (χ4n) is 5.41. The Balaban J connectivity index is 1.51. The maximum Gasteiger partial charge on any atom is 0.295 e. The van der Waals surface area contributed by atoms with Crippen molar-refractivity contribution in [3.05, 3.63) is 106 Å². The molecule has 1 aliphatic heterocycles. The van der Waals surface area contributed by atoms with E-state index in [-0.39, 0.29) is 17.4 Å². The van der Waals surface area contributed by atoms with Crippen LogP contribution < -0.4 is 4.74 Å². The van der Waals surface area contributed by atoms with E-state index < -0.39 is 17.7 Å². The summed E-state index contributed by atoms with van der Waals surface area (Å²) in [5, 5.41) is 12.0. The molecule has 2 aliphatic rings. The van der Waals surface area contributed by atoms with Crippen LogP contribution in [-0.4, -0.2) is 27.7 Å². The van der Waals surface area contributed by atoms with Gasteiger partial charge in [-0.2, -0.15) is 0 Å². The number of aliphatic hydroxyl groups excluding tert-OH is 1. The van der Waals surface area contributed by atoms with Gasteiger partial charge < -0.3 is 14.7 Å². The minimum absolute atomic E-state index is 0.0355. The Hall–Kier alpha value is -3.57. The molecule has 190 valence electrons. The van der Waals surface area contributed by atoms with Gasteiger partial charge in [-0.15, -0.1) is 0 Å². The van der Waals surface area contributed by atoms with Gasteiger partial charge in [0.05, 0.1) is 11.6 Å². The van der Waals surface area contributed by atoms with E-state index in [0.717, 1.165) is 48.8 Å². The largest absolute Gasteiger partial charge is 0.507 e. The highest BCUT2D eigenvalue weighted by molar-refractivity contribution is 6.46. The van der Waals surface area contributed by atoms with Crippen LogP contribution in [0.15, 0.2) is 78.4 Å². The topological polar surface area (TPSA) is 66.8 Å². The lowest BCUT2D eigenvalue weighted by Gasteiger charge is -2.35. The molecule has 1 saturated heterocycles. The Morgan fingerprint density at radius 1 is 0.973 bits per heavy atom. The quantitative estimate of drug-likeness (QED) is 0.218. The van der Waals surface area contributed by atoms with Crippen molar-refractivity contribution in [3.63, 3.8) is 0 Å². The summed E-state index contributed by atoms with van der Waals surface area (Å²) < 4.78 is 5.98. The summed E-state index contributed by atoms with van der Waals surface area (Å²) in [4.78, 5) is 28.4. The van der Waals surface area contributed by atoms with Crippen molar-refractivity contribution in [1.82, 2.24) is 4.90 Å². The molecular weight excluding hydrogens is 486 g/mol. The number of benzene rings is 3. The molecule has 0 spiro atoms. The lowest BCUT2D eigenvalue weighted by Crippen LogP contribution is -2.40. The Bertz CT molecular complexity index is 1330. The Labute approximate surface area is 222 Å². The summed E-state index contributed by atoms with van der Waals surface area (Å²) >= 11 is 6.13. The molecule has 1 aliphatic carbocycles. The van der Waals surface area contributed by atoms with E-state index in [0.29, 0.717) is 22.9 Å². The third-order valence-electron chi connectivity index (χ3n) is 7.32. The number of carbonyl (C=O) groups excluding carboxylic acids is 2. The second kappa shape index (κ2) is 10.8. The molecule has 3 aromatic carbocycles. The molecule has 1 heterocycles. The molecular formula is C31H30ClNO4. The summed E-state index contributed by atoms with van der Waals surface area (Å²) in [5.74, 6) is -0.676. The van der Waals surface area contributed by atoms with Crippen LogP contribution >= 0.6 is 11.6 Å². The van der Waals surface area contributed by atoms with E-state index in [4.69, 9.17) is 16.3 Å². The number of aliphatic hydroxyl groups is 1. The molecule has 2 fully saturated rings. The minimum Gasteiger partial charge on any atom is -0.507 e. The molecule has 0 aromatic heterocycles. The number of ketones is 1. The average molecular weight is 516 g/mol. The standard InChI is InChI=1S/C31H30ClNO4/c1-20-18-23(14-17-26(20)37-19-21-8-4-2-5-9-21)29(34)27-28(22-12-15-24(32)16-13-22)33(31(36)30(27)35)25-10-6-3-7-11-25/h2,4-5,8-9,12-18,25,28,34H,3,6-7,10-11,19H2,1H3/b29-27-. The molecule has 5 rings (SSSR count). The van der Waals surface area contributed by atoms with Crippen LogP contribution in [0, 0.1) is 6.92 Å². The van der Waals surface area contributed by atoms with Crippen LogP contribution in [0.4, 0.5) is 0 Å². The second-order valence-corrected chi connectivity index (χ2v) is 10.2. The van der Waals surface area contributed by atoms with Crippen LogP contribution in [0.25, 0.3) is 5.76 Å². The number of amides is 1. The number of aryl methyl sites for hydroxylation is 1. The average Bonchev–Trinajstić information content (AvgIpc) is 3.19. The van der Waals surface area contributed by atoms with Crippen LogP contribution in [0.2, 0.25) is 5.02 Å². The normalized spacial score (nSPS) is 19.8. The predicted molar refractivity (Wildman–Crippen MR) is 144 cm³/mol. The van der Waals surface area contributed by atoms with E-state index in [9.17, 15) is 14.7 Å². The number of carbonyl (C=O) groups is 2. The van der Waals surface area contributed by atoms with Gasteiger partial charge in [-0.3, -0.25) is 9.59 Å². The zero-order valence-electron chi connectivity index (χ0n) is 20.8. The maximum atomic E-state index is 13.4. The first-order valence-corrected chi connectivity index (χ1v) is 13.1.